The van der Waals surface area contributed by atoms with E-state index in [2.05, 4.69) is 170 Å². The second kappa shape index (κ2) is 12.3. The van der Waals surface area contributed by atoms with E-state index >= 15 is 0 Å². The molecule has 0 unspecified atom stereocenters. The van der Waals surface area contributed by atoms with Gasteiger partial charge < -0.3 is 4.42 Å². The molecule has 0 fully saturated rings. The average Bonchev–Trinajstić information content (AvgIpc) is 3.83. The van der Waals surface area contributed by atoms with E-state index in [1.165, 1.54) is 32.0 Å². The fourth-order valence-electron chi connectivity index (χ4n) is 7.76. The standard InChI is InChI=1S/C49H29N3OS/c1-3-14-31(15-4-1)35-19-9-21-37-38-22-11-25-41(44(38)53-43(35)37)48-50-47(34-28-27-30-13-7-8-18-33(30)29-34)51-49(52-48)42-26-12-24-40-39-23-10-20-36(45(39)54-46(40)42)32-16-5-2-6-17-32/h1-29H. The molecule has 252 valence electrons. The minimum Gasteiger partial charge on any atom is -0.455 e. The van der Waals surface area contributed by atoms with Crippen LogP contribution in [-0.4, -0.2) is 15.0 Å². The van der Waals surface area contributed by atoms with E-state index in [9.17, 15) is 0 Å². The molecule has 54 heavy (non-hydrogen) atoms. The Kier molecular flexibility index (Phi) is 7.00. The van der Waals surface area contributed by atoms with Gasteiger partial charge >= 0.3 is 0 Å². The summed E-state index contributed by atoms with van der Waals surface area (Å²) >= 11 is 1.80. The third kappa shape index (κ3) is 4.94. The fraction of sp³-hybridized carbons (Fsp3) is 0. The van der Waals surface area contributed by atoms with Crippen LogP contribution in [0.15, 0.2) is 180 Å². The predicted molar refractivity (Wildman–Crippen MR) is 225 cm³/mol. The Labute approximate surface area is 314 Å². The summed E-state index contributed by atoms with van der Waals surface area (Å²) in [5, 5.41) is 6.79. The zero-order valence-electron chi connectivity index (χ0n) is 28.9. The van der Waals surface area contributed by atoms with Crippen molar-refractivity contribution in [2.75, 3.05) is 0 Å². The molecular formula is C49H29N3OS. The highest BCUT2D eigenvalue weighted by Crippen LogP contribution is 2.44. The van der Waals surface area contributed by atoms with E-state index in [1.807, 2.05) is 6.07 Å². The van der Waals surface area contributed by atoms with E-state index in [-0.39, 0.29) is 0 Å². The van der Waals surface area contributed by atoms with Gasteiger partial charge in [0.05, 0.1) is 5.56 Å². The molecule has 8 aromatic carbocycles. The van der Waals surface area contributed by atoms with E-state index in [1.54, 1.807) is 11.3 Å². The minimum absolute atomic E-state index is 0.567. The van der Waals surface area contributed by atoms with Crippen LogP contribution in [0.2, 0.25) is 0 Å². The lowest BCUT2D eigenvalue weighted by Gasteiger charge is -2.10. The molecule has 5 heteroatoms. The molecule has 0 spiro atoms. The summed E-state index contributed by atoms with van der Waals surface area (Å²) in [6, 6.07) is 61.4. The Morgan fingerprint density at radius 1 is 0.333 bits per heavy atom. The van der Waals surface area contributed by atoms with Crippen LogP contribution in [0.25, 0.3) is 109 Å². The number of aromatic nitrogens is 3. The van der Waals surface area contributed by atoms with Crippen LogP contribution in [0.4, 0.5) is 0 Å². The molecule has 0 saturated heterocycles. The second-order valence-corrected chi connectivity index (χ2v) is 14.6. The van der Waals surface area contributed by atoms with Gasteiger partial charge in [0.15, 0.2) is 17.5 Å². The van der Waals surface area contributed by atoms with Crippen molar-refractivity contribution in [2.24, 2.45) is 0 Å². The first-order chi connectivity index (χ1) is 26.8. The monoisotopic (exact) mass is 707 g/mol. The van der Waals surface area contributed by atoms with Crippen LogP contribution in [-0.2, 0) is 0 Å². The van der Waals surface area contributed by atoms with Crippen molar-refractivity contribution in [3.05, 3.63) is 176 Å². The number of hydrogen-bond acceptors (Lipinski definition) is 5. The van der Waals surface area contributed by atoms with Gasteiger partial charge in [0.2, 0.25) is 0 Å². The molecule has 0 atom stereocenters. The quantitative estimate of drug-likeness (QED) is 0.179. The van der Waals surface area contributed by atoms with Crippen LogP contribution in [0.1, 0.15) is 0 Å². The molecule has 0 aliphatic heterocycles. The van der Waals surface area contributed by atoms with Crippen LogP contribution in [0.5, 0.6) is 0 Å². The number of thiophene rings is 1. The molecule has 0 saturated carbocycles. The maximum absolute atomic E-state index is 6.84. The van der Waals surface area contributed by atoms with Crippen LogP contribution in [0.3, 0.4) is 0 Å². The van der Waals surface area contributed by atoms with E-state index in [0.29, 0.717) is 17.5 Å². The van der Waals surface area contributed by atoms with Crippen molar-refractivity contribution in [1.29, 1.82) is 0 Å². The predicted octanol–water partition coefficient (Wildman–Crippen LogP) is 13.6. The van der Waals surface area contributed by atoms with Crippen molar-refractivity contribution < 1.29 is 4.42 Å². The van der Waals surface area contributed by atoms with Crippen molar-refractivity contribution in [3.63, 3.8) is 0 Å². The Morgan fingerprint density at radius 2 is 0.833 bits per heavy atom. The first kappa shape index (κ1) is 30.7. The fourth-order valence-corrected chi connectivity index (χ4v) is 9.10. The Balaban J connectivity index is 1.16. The Hall–Kier alpha value is -6.95. The van der Waals surface area contributed by atoms with Crippen LogP contribution in [0, 0.1) is 0 Å². The molecule has 0 aliphatic rings. The molecule has 11 rings (SSSR count). The normalized spacial score (nSPS) is 11.7. The van der Waals surface area contributed by atoms with Crippen molar-refractivity contribution in [3.8, 4) is 56.4 Å². The summed E-state index contributed by atoms with van der Waals surface area (Å²) in [6.07, 6.45) is 0. The average molecular weight is 708 g/mol. The number of hydrogen-bond donors (Lipinski definition) is 0. The van der Waals surface area contributed by atoms with Gasteiger partial charge in [-0.25, -0.2) is 15.0 Å². The summed E-state index contributed by atoms with van der Waals surface area (Å²) in [5.41, 5.74) is 8.91. The third-order valence-electron chi connectivity index (χ3n) is 10.3. The molecule has 0 aliphatic carbocycles. The molecule has 3 heterocycles. The number of rotatable bonds is 5. The van der Waals surface area contributed by atoms with Crippen molar-refractivity contribution in [1.82, 2.24) is 15.0 Å². The number of nitrogens with zero attached hydrogens (tertiary/aromatic N) is 3. The van der Waals surface area contributed by atoms with Gasteiger partial charge in [-0.1, -0.05) is 158 Å². The highest BCUT2D eigenvalue weighted by Gasteiger charge is 2.21. The first-order valence-electron chi connectivity index (χ1n) is 18.0. The lowest BCUT2D eigenvalue weighted by atomic mass is 10.0. The highest BCUT2D eigenvalue weighted by atomic mass is 32.1. The van der Waals surface area contributed by atoms with Gasteiger partial charge in [-0.2, -0.15) is 0 Å². The molecule has 3 aromatic heterocycles. The van der Waals surface area contributed by atoms with E-state index < -0.39 is 0 Å². The minimum atomic E-state index is 0.567. The van der Waals surface area contributed by atoms with E-state index in [4.69, 9.17) is 19.4 Å². The molecular weight excluding hydrogens is 679 g/mol. The maximum atomic E-state index is 6.84. The number of benzene rings is 8. The lowest BCUT2D eigenvalue weighted by molar-refractivity contribution is 0.670. The summed E-state index contributed by atoms with van der Waals surface area (Å²) in [7, 11) is 0. The number of furan rings is 1. The van der Waals surface area contributed by atoms with Gasteiger partial charge in [-0.05, 0) is 45.7 Å². The molecule has 11 aromatic rings. The zero-order chi connectivity index (χ0) is 35.6. The second-order valence-electron chi connectivity index (χ2n) is 13.5. The number of para-hydroxylation sites is 2. The summed E-state index contributed by atoms with van der Waals surface area (Å²) in [6.45, 7) is 0. The highest BCUT2D eigenvalue weighted by molar-refractivity contribution is 7.26. The summed E-state index contributed by atoms with van der Waals surface area (Å²) < 4.78 is 9.23. The van der Waals surface area contributed by atoms with Gasteiger partial charge in [-0.3, -0.25) is 0 Å². The Morgan fingerprint density at radius 3 is 1.54 bits per heavy atom. The largest absolute Gasteiger partial charge is 0.455 e. The van der Waals surface area contributed by atoms with Crippen molar-refractivity contribution >= 4 is 64.2 Å². The molecule has 0 amide bonds. The summed E-state index contributed by atoms with van der Waals surface area (Å²) in [5.74, 6) is 1.80. The van der Waals surface area contributed by atoms with Gasteiger partial charge in [0.1, 0.15) is 11.2 Å². The van der Waals surface area contributed by atoms with Gasteiger partial charge in [-0.15, -0.1) is 11.3 Å². The van der Waals surface area contributed by atoms with Crippen LogP contribution < -0.4 is 0 Å². The topological polar surface area (TPSA) is 51.8 Å². The third-order valence-corrected chi connectivity index (χ3v) is 11.6. The van der Waals surface area contributed by atoms with Crippen LogP contribution >= 0.6 is 11.3 Å². The van der Waals surface area contributed by atoms with Crippen molar-refractivity contribution in [2.45, 2.75) is 0 Å². The lowest BCUT2D eigenvalue weighted by Crippen LogP contribution is -2.00. The molecule has 0 bridgehead atoms. The van der Waals surface area contributed by atoms with Gasteiger partial charge in [0, 0.05) is 47.6 Å². The molecule has 0 radical (unpaired) electrons. The smallest absolute Gasteiger partial charge is 0.167 e. The first-order valence-corrected chi connectivity index (χ1v) is 18.8. The molecule has 0 N–H and O–H groups in total. The zero-order valence-corrected chi connectivity index (χ0v) is 29.7. The van der Waals surface area contributed by atoms with Gasteiger partial charge in [0.25, 0.3) is 0 Å². The number of fused-ring (bicyclic) bond motifs is 7. The molecule has 4 nitrogen and oxygen atoms in total. The van der Waals surface area contributed by atoms with E-state index in [0.717, 1.165) is 59.8 Å². The SMILES string of the molecule is c1ccc(-c2cccc3c2oc2c(-c4nc(-c5ccc6ccccc6c5)nc(-c5cccc6c5sc5c(-c7ccccc7)cccc56)n4)cccc23)cc1. The summed E-state index contributed by atoms with van der Waals surface area (Å²) in [4.78, 5) is 15.7. The Bertz CT molecular complexity index is 3040. The maximum Gasteiger partial charge on any atom is 0.167 e.